The summed E-state index contributed by atoms with van der Waals surface area (Å²) in [5.74, 6) is -0.124. The molecule has 23 heavy (non-hydrogen) atoms. The van der Waals surface area contributed by atoms with Crippen LogP contribution in [0.5, 0.6) is 0 Å². The molecule has 2 aromatic heterocycles. The van der Waals surface area contributed by atoms with Crippen molar-refractivity contribution in [3.63, 3.8) is 0 Å². The lowest BCUT2D eigenvalue weighted by Crippen LogP contribution is -2.22. The average molecular weight is 331 g/mol. The fourth-order valence-electron chi connectivity index (χ4n) is 2.38. The van der Waals surface area contributed by atoms with Crippen LogP contribution in [-0.4, -0.2) is 20.4 Å². The average Bonchev–Trinajstić information content (AvgIpc) is 2.96. The monoisotopic (exact) mass is 330 g/mol. The van der Waals surface area contributed by atoms with E-state index in [1.54, 1.807) is 24.5 Å². The van der Waals surface area contributed by atoms with Crippen molar-refractivity contribution in [3.05, 3.63) is 60.2 Å². The van der Waals surface area contributed by atoms with Crippen LogP contribution in [0.3, 0.4) is 0 Å². The molecular weight excluding hydrogens is 312 g/mol. The fraction of sp³-hybridized carbons (Fsp3) is 0.235. The van der Waals surface area contributed by atoms with Crippen LogP contribution in [0, 0.1) is 0 Å². The number of amides is 1. The summed E-state index contributed by atoms with van der Waals surface area (Å²) in [6.07, 6.45) is 5.06. The summed E-state index contributed by atoms with van der Waals surface area (Å²) in [5.41, 5.74) is 3.64. The lowest BCUT2D eigenvalue weighted by Gasteiger charge is -2.08. The number of nitrogens with one attached hydrogen (secondary N) is 1. The molecule has 0 bridgehead atoms. The molecule has 120 valence electrons. The molecule has 0 fully saturated rings. The first-order valence-electron chi connectivity index (χ1n) is 7.29. The minimum atomic E-state index is -0.124. The van der Waals surface area contributed by atoms with E-state index in [1.165, 1.54) is 0 Å². The molecule has 6 heteroatoms. The molecule has 1 amide bonds. The Bertz CT molecular complexity index is 799. The number of carbonyl (C=O) groups is 1. The minimum absolute atomic E-state index is 0. The van der Waals surface area contributed by atoms with Crippen molar-refractivity contribution >= 4 is 29.3 Å². The summed E-state index contributed by atoms with van der Waals surface area (Å²) in [6, 6.07) is 9.95. The van der Waals surface area contributed by atoms with E-state index in [-0.39, 0.29) is 18.3 Å². The molecule has 2 heterocycles. The van der Waals surface area contributed by atoms with Gasteiger partial charge in [-0.15, -0.1) is 12.4 Å². The second-order valence-electron chi connectivity index (χ2n) is 5.49. The molecule has 0 saturated heterocycles. The topological polar surface area (TPSA) is 59.8 Å². The molecule has 0 spiro atoms. The Labute approximate surface area is 141 Å². The van der Waals surface area contributed by atoms with Gasteiger partial charge in [-0.25, -0.2) is 4.98 Å². The highest BCUT2D eigenvalue weighted by Crippen LogP contribution is 2.18. The first-order chi connectivity index (χ1) is 10.6. The Balaban J connectivity index is 0.00000192. The molecular formula is C17H19ClN4O. The van der Waals surface area contributed by atoms with Gasteiger partial charge in [0, 0.05) is 25.0 Å². The smallest absolute Gasteiger partial charge is 0.253 e. The maximum atomic E-state index is 12.0. The number of nitrogens with zero attached hydrogens (tertiary/aromatic N) is 3. The number of hydrogen-bond acceptors (Lipinski definition) is 3. The number of carbonyl (C=O) groups excluding carboxylic acids is 1. The number of halogens is 1. The van der Waals surface area contributed by atoms with Crippen molar-refractivity contribution in [2.75, 3.05) is 0 Å². The largest absolute Gasteiger partial charge is 0.348 e. The molecule has 0 saturated carbocycles. The number of fused-ring (bicyclic) bond motifs is 1. The molecule has 5 nitrogen and oxygen atoms in total. The summed E-state index contributed by atoms with van der Waals surface area (Å²) in [6.45, 7) is 4.73. The fourth-order valence-corrected chi connectivity index (χ4v) is 2.38. The van der Waals surface area contributed by atoms with Crippen molar-refractivity contribution in [3.8, 4) is 0 Å². The quantitative estimate of drug-likeness (QED) is 0.798. The van der Waals surface area contributed by atoms with Gasteiger partial charge in [-0.2, -0.15) is 0 Å². The van der Waals surface area contributed by atoms with Gasteiger partial charge in [-0.3, -0.25) is 9.78 Å². The second kappa shape index (κ2) is 7.24. The van der Waals surface area contributed by atoms with E-state index in [0.29, 0.717) is 18.2 Å². The predicted octanol–water partition coefficient (Wildman–Crippen LogP) is 3.36. The van der Waals surface area contributed by atoms with Crippen LogP contribution in [-0.2, 0) is 6.54 Å². The van der Waals surface area contributed by atoms with Gasteiger partial charge in [0.05, 0.1) is 22.9 Å². The van der Waals surface area contributed by atoms with Crippen LogP contribution in [0.25, 0.3) is 11.0 Å². The first kappa shape index (κ1) is 17.0. The molecule has 1 N–H and O–H groups in total. The highest BCUT2D eigenvalue weighted by Gasteiger charge is 2.08. The molecule has 0 aliphatic rings. The van der Waals surface area contributed by atoms with Gasteiger partial charge in [0.25, 0.3) is 5.91 Å². The second-order valence-corrected chi connectivity index (χ2v) is 5.49. The number of rotatable bonds is 4. The lowest BCUT2D eigenvalue weighted by molar-refractivity contribution is 0.0950. The highest BCUT2D eigenvalue weighted by atomic mass is 35.5. The summed E-state index contributed by atoms with van der Waals surface area (Å²) >= 11 is 0. The maximum Gasteiger partial charge on any atom is 0.253 e. The van der Waals surface area contributed by atoms with Gasteiger partial charge in [0.2, 0.25) is 0 Å². The van der Waals surface area contributed by atoms with Crippen molar-refractivity contribution in [1.29, 1.82) is 0 Å². The van der Waals surface area contributed by atoms with Crippen molar-refractivity contribution in [1.82, 2.24) is 19.9 Å². The molecule has 0 aliphatic carbocycles. The van der Waals surface area contributed by atoms with Gasteiger partial charge in [-0.1, -0.05) is 6.07 Å². The van der Waals surface area contributed by atoms with Gasteiger partial charge in [0.15, 0.2) is 0 Å². The molecule has 0 aliphatic heterocycles. The maximum absolute atomic E-state index is 12.0. The molecule has 0 radical (unpaired) electrons. The van der Waals surface area contributed by atoms with Crippen LogP contribution in [0.15, 0.2) is 49.1 Å². The third kappa shape index (κ3) is 3.68. The van der Waals surface area contributed by atoms with E-state index >= 15 is 0 Å². The molecule has 0 unspecified atom stereocenters. The zero-order valence-electron chi connectivity index (χ0n) is 13.1. The van der Waals surface area contributed by atoms with E-state index < -0.39 is 0 Å². The first-order valence-corrected chi connectivity index (χ1v) is 7.29. The zero-order chi connectivity index (χ0) is 15.5. The molecule has 3 rings (SSSR count). The normalized spacial score (nSPS) is 10.6. The van der Waals surface area contributed by atoms with Crippen molar-refractivity contribution in [2.24, 2.45) is 0 Å². The Morgan fingerprint density at radius 2 is 2.13 bits per heavy atom. The molecule has 0 atom stereocenters. The Morgan fingerprint density at radius 1 is 1.30 bits per heavy atom. The predicted molar refractivity (Wildman–Crippen MR) is 92.8 cm³/mol. The number of hydrogen-bond donors (Lipinski definition) is 1. The van der Waals surface area contributed by atoms with E-state index in [9.17, 15) is 4.79 Å². The van der Waals surface area contributed by atoms with Crippen LogP contribution in [0.4, 0.5) is 0 Å². The number of imidazole rings is 1. The van der Waals surface area contributed by atoms with Crippen molar-refractivity contribution < 1.29 is 4.79 Å². The minimum Gasteiger partial charge on any atom is -0.348 e. The number of aromatic nitrogens is 3. The number of pyridine rings is 1. The van der Waals surface area contributed by atoms with Crippen LogP contribution in [0.2, 0.25) is 0 Å². The third-order valence-electron chi connectivity index (χ3n) is 3.57. The van der Waals surface area contributed by atoms with E-state index in [0.717, 1.165) is 16.6 Å². The molecule has 3 aromatic rings. The zero-order valence-corrected chi connectivity index (χ0v) is 13.9. The highest BCUT2D eigenvalue weighted by molar-refractivity contribution is 5.93. The summed E-state index contributed by atoms with van der Waals surface area (Å²) in [4.78, 5) is 20.4. The SMILES string of the molecule is CC(C)n1cnc2cc(CNC(=O)c3cccnc3)ccc21.Cl. The van der Waals surface area contributed by atoms with Crippen LogP contribution < -0.4 is 5.32 Å². The molecule has 1 aromatic carbocycles. The van der Waals surface area contributed by atoms with Crippen LogP contribution >= 0.6 is 12.4 Å². The standard InChI is InChI=1S/C17H18N4O.ClH/c1-12(2)21-11-20-15-8-13(5-6-16(15)21)9-19-17(22)14-4-3-7-18-10-14;/h3-8,10-12H,9H2,1-2H3,(H,19,22);1H. The van der Waals surface area contributed by atoms with E-state index in [4.69, 9.17) is 0 Å². The van der Waals surface area contributed by atoms with E-state index in [2.05, 4.69) is 33.7 Å². The Hall–Kier alpha value is -2.40. The third-order valence-corrected chi connectivity index (χ3v) is 3.57. The summed E-state index contributed by atoms with van der Waals surface area (Å²) < 4.78 is 2.13. The van der Waals surface area contributed by atoms with Gasteiger partial charge < -0.3 is 9.88 Å². The van der Waals surface area contributed by atoms with Crippen molar-refractivity contribution in [2.45, 2.75) is 26.4 Å². The Morgan fingerprint density at radius 3 is 2.83 bits per heavy atom. The van der Waals surface area contributed by atoms with Gasteiger partial charge in [0.1, 0.15) is 0 Å². The van der Waals surface area contributed by atoms with Gasteiger partial charge >= 0.3 is 0 Å². The summed E-state index contributed by atoms with van der Waals surface area (Å²) in [7, 11) is 0. The summed E-state index contributed by atoms with van der Waals surface area (Å²) in [5, 5.41) is 2.90. The Kier molecular flexibility index (Phi) is 5.34. The van der Waals surface area contributed by atoms with Crippen LogP contribution in [0.1, 0.15) is 35.8 Å². The van der Waals surface area contributed by atoms with E-state index in [1.807, 2.05) is 24.5 Å². The van der Waals surface area contributed by atoms with Gasteiger partial charge in [-0.05, 0) is 43.7 Å². The number of benzene rings is 1. The lowest BCUT2D eigenvalue weighted by atomic mass is 10.2.